The van der Waals surface area contributed by atoms with Crippen molar-refractivity contribution in [2.75, 3.05) is 13.1 Å². The summed E-state index contributed by atoms with van der Waals surface area (Å²) in [5.41, 5.74) is 4.06. The van der Waals surface area contributed by atoms with E-state index in [0.717, 1.165) is 22.4 Å². The molecule has 2 N–H and O–H groups in total. The molecule has 8 heteroatoms. The van der Waals surface area contributed by atoms with Gasteiger partial charge >= 0.3 is 6.09 Å². The SMILES string of the molecule is O=C(O)N1CCC(c2cc(=O)[nH]c3c(-c4ccc(F)cc4)c(-c4ccccc4)nn23)CC1. The van der Waals surface area contributed by atoms with Crippen molar-refractivity contribution >= 4 is 11.7 Å². The van der Waals surface area contributed by atoms with Crippen molar-refractivity contribution in [3.8, 4) is 22.4 Å². The Morgan fingerprint density at radius 3 is 2.38 bits per heavy atom. The van der Waals surface area contributed by atoms with Crippen LogP contribution in [0, 0.1) is 5.82 Å². The van der Waals surface area contributed by atoms with Gasteiger partial charge in [-0.05, 0) is 30.5 Å². The fourth-order valence-electron chi connectivity index (χ4n) is 4.41. The normalized spacial score (nSPS) is 14.7. The third-order valence-corrected chi connectivity index (χ3v) is 6.01. The van der Waals surface area contributed by atoms with Gasteiger partial charge in [-0.3, -0.25) is 4.79 Å². The zero-order valence-corrected chi connectivity index (χ0v) is 17.2. The van der Waals surface area contributed by atoms with Crippen molar-refractivity contribution in [3.05, 3.63) is 82.5 Å². The van der Waals surface area contributed by atoms with Gasteiger partial charge in [0.15, 0.2) is 0 Å². The highest BCUT2D eigenvalue weighted by Crippen LogP contribution is 2.36. The largest absolute Gasteiger partial charge is 0.465 e. The maximum atomic E-state index is 13.6. The monoisotopic (exact) mass is 432 g/mol. The van der Waals surface area contributed by atoms with Crippen molar-refractivity contribution in [3.63, 3.8) is 0 Å². The number of H-pyrrole nitrogens is 1. The van der Waals surface area contributed by atoms with Gasteiger partial charge < -0.3 is 15.0 Å². The van der Waals surface area contributed by atoms with Gasteiger partial charge in [-0.25, -0.2) is 13.7 Å². The van der Waals surface area contributed by atoms with Crippen LogP contribution in [-0.2, 0) is 0 Å². The van der Waals surface area contributed by atoms with Crippen LogP contribution in [0.25, 0.3) is 28.0 Å². The molecule has 1 aliphatic rings. The third-order valence-electron chi connectivity index (χ3n) is 6.01. The molecule has 0 spiro atoms. The highest BCUT2D eigenvalue weighted by Gasteiger charge is 2.27. The minimum absolute atomic E-state index is 0.00000819. The topological polar surface area (TPSA) is 90.7 Å². The van der Waals surface area contributed by atoms with E-state index in [0.29, 0.717) is 37.3 Å². The molecule has 7 nitrogen and oxygen atoms in total. The first kappa shape index (κ1) is 20.0. The predicted molar refractivity (Wildman–Crippen MR) is 118 cm³/mol. The number of hydrogen-bond acceptors (Lipinski definition) is 3. The summed E-state index contributed by atoms with van der Waals surface area (Å²) in [6.07, 6.45) is 0.290. The number of aromatic amines is 1. The average Bonchev–Trinajstić information content (AvgIpc) is 3.19. The Morgan fingerprint density at radius 2 is 1.72 bits per heavy atom. The molecule has 0 atom stereocenters. The summed E-state index contributed by atoms with van der Waals surface area (Å²) in [4.78, 5) is 28.2. The van der Waals surface area contributed by atoms with E-state index < -0.39 is 6.09 Å². The van der Waals surface area contributed by atoms with Gasteiger partial charge in [0.05, 0.1) is 11.3 Å². The number of likely N-dealkylation sites (tertiary alicyclic amines) is 1. The molecule has 0 aliphatic carbocycles. The van der Waals surface area contributed by atoms with Crippen molar-refractivity contribution in [1.82, 2.24) is 19.5 Å². The van der Waals surface area contributed by atoms with Gasteiger partial charge in [-0.2, -0.15) is 5.10 Å². The number of rotatable bonds is 3. The van der Waals surface area contributed by atoms with E-state index in [1.54, 1.807) is 22.7 Å². The molecule has 0 unspecified atom stereocenters. The van der Waals surface area contributed by atoms with Gasteiger partial charge in [0.25, 0.3) is 5.56 Å². The van der Waals surface area contributed by atoms with Crippen molar-refractivity contribution < 1.29 is 14.3 Å². The molecule has 0 bridgehead atoms. The lowest BCUT2D eigenvalue weighted by Crippen LogP contribution is -2.37. The minimum Gasteiger partial charge on any atom is -0.465 e. The Hall–Kier alpha value is -3.94. The van der Waals surface area contributed by atoms with E-state index in [1.165, 1.54) is 17.0 Å². The molecular formula is C24H21FN4O3. The summed E-state index contributed by atoms with van der Waals surface area (Å²) in [5, 5.41) is 14.1. The average molecular weight is 432 g/mol. The lowest BCUT2D eigenvalue weighted by atomic mass is 9.93. The van der Waals surface area contributed by atoms with E-state index in [2.05, 4.69) is 4.98 Å². The number of carbonyl (C=O) groups is 1. The predicted octanol–water partition coefficient (Wildman–Crippen LogP) is 4.35. The van der Waals surface area contributed by atoms with Crippen LogP contribution in [0.2, 0.25) is 0 Å². The number of halogens is 1. The number of carboxylic acid groups (broad SMARTS) is 1. The van der Waals surface area contributed by atoms with Gasteiger partial charge in [0, 0.05) is 30.6 Å². The Morgan fingerprint density at radius 1 is 1.03 bits per heavy atom. The number of nitrogens with one attached hydrogen (secondary N) is 1. The highest BCUT2D eigenvalue weighted by molar-refractivity contribution is 5.90. The number of hydrogen-bond donors (Lipinski definition) is 2. The lowest BCUT2D eigenvalue weighted by Gasteiger charge is -2.30. The molecule has 0 saturated carbocycles. The Kier molecular flexibility index (Phi) is 4.97. The van der Waals surface area contributed by atoms with E-state index in [-0.39, 0.29) is 17.3 Å². The van der Waals surface area contributed by atoms with Crippen LogP contribution in [-0.4, -0.2) is 43.8 Å². The van der Waals surface area contributed by atoms with Crippen LogP contribution in [0.5, 0.6) is 0 Å². The number of nitrogens with zero attached hydrogens (tertiary/aromatic N) is 3. The Bertz CT molecular complexity index is 1340. The maximum absolute atomic E-state index is 13.6. The molecule has 1 fully saturated rings. The molecule has 3 heterocycles. The van der Waals surface area contributed by atoms with Gasteiger partial charge in [-0.1, -0.05) is 42.5 Å². The molecule has 0 radical (unpaired) electrons. The summed E-state index contributed by atoms with van der Waals surface area (Å²) < 4.78 is 15.4. The molecule has 4 aromatic rings. The fraction of sp³-hybridized carbons (Fsp3) is 0.208. The van der Waals surface area contributed by atoms with E-state index in [4.69, 9.17) is 5.10 Å². The summed E-state index contributed by atoms with van der Waals surface area (Å²) in [7, 11) is 0. The van der Waals surface area contributed by atoms with Gasteiger partial charge in [-0.15, -0.1) is 0 Å². The third kappa shape index (κ3) is 3.53. The molecule has 1 amide bonds. The van der Waals surface area contributed by atoms with Crippen molar-refractivity contribution in [2.45, 2.75) is 18.8 Å². The molecule has 162 valence electrons. The van der Waals surface area contributed by atoms with Crippen LogP contribution in [0.4, 0.5) is 9.18 Å². The van der Waals surface area contributed by atoms with E-state index in [9.17, 15) is 19.1 Å². The van der Waals surface area contributed by atoms with Gasteiger partial charge in [0.1, 0.15) is 17.2 Å². The first-order valence-corrected chi connectivity index (χ1v) is 10.5. The Balaban J connectivity index is 1.71. The van der Waals surface area contributed by atoms with Crippen LogP contribution in [0.1, 0.15) is 24.5 Å². The van der Waals surface area contributed by atoms with Crippen LogP contribution < -0.4 is 5.56 Å². The van der Waals surface area contributed by atoms with Gasteiger partial charge in [0.2, 0.25) is 0 Å². The Labute approximate surface area is 182 Å². The van der Waals surface area contributed by atoms with E-state index >= 15 is 0 Å². The molecule has 2 aromatic carbocycles. The van der Waals surface area contributed by atoms with Crippen LogP contribution in [0.3, 0.4) is 0 Å². The highest BCUT2D eigenvalue weighted by atomic mass is 19.1. The summed E-state index contributed by atoms with van der Waals surface area (Å²) >= 11 is 0. The number of piperidine rings is 1. The first-order chi connectivity index (χ1) is 15.5. The summed E-state index contributed by atoms with van der Waals surface area (Å²) in [6, 6.07) is 17.3. The second-order valence-electron chi connectivity index (χ2n) is 7.96. The van der Waals surface area contributed by atoms with Crippen LogP contribution in [0.15, 0.2) is 65.5 Å². The van der Waals surface area contributed by atoms with E-state index in [1.807, 2.05) is 30.3 Å². The molecule has 1 saturated heterocycles. The second-order valence-corrected chi connectivity index (χ2v) is 7.96. The van der Waals surface area contributed by atoms with Crippen molar-refractivity contribution in [1.29, 1.82) is 0 Å². The summed E-state index contributed by atoms with van der Waals surface area (Å²) in [5.74, 6) is -0.342. The molecule has 1 aliphatic heterocycles. The fourth-order valence-corrected chi connectivity index (χ4v) is 4.41. The number of aromatic nitrogens is 3. The smallest absolute Gasteiger partial charge is 0.407 e. The molecular weight excluding hydrogens is 411 g/mol. The quantitative estimate of drug-likeness (QED) is 0.504. The lowest BCUT2D eigenvalue weighted by molar-refractivity contribution is 0.131. The number of fused-ring (bicyclic) bond motifs is 1. The molecule has 5 rings (SSSR count). The zero-order valence-electron chi connectivity index (χ0n) is 17.2. The zero-order chi connectivity index (χ0) is 22.2. The maximum Gasteiger partial charge on any atom is 0.407 e. The van der Waals surface area contributed by atoms with Crippen LogP contribution >= 0.6 is 0 Å². The molecule has 2 aromatic heterocycles. The summed E-state index contributed by atoms with van der Waals surface area (Å²) in [6.45, 7) is 0.817. The second kappa shape index (κ2) is 7.96. The first-order valence-electron chi connectivity index (χ1n) is 10.5. The molecule has 32 heavy (non-hydrogen) atoms. The van der Waals surface area contributed by atoms with Crippen molar-refractivity contribution in [2.24, 2.45) is 0 Å². The number of amides is 1. The minimum atomic E-state index is -0.927. The standard InChI is InChI=1S/C24H21FN4O3/c25-18-8-6-16(7-9-18)21-22(17-4-2-1-3-5-17)27-29-19(14-20(30)26-23(21)29)15-10-12-28(13-11-15)24(31)32/h1-9,14-15H,10-13H2,(H,26,30)(H,31,32). The number of benzene rings is 2.